The van der Waals surface area contributed by atoms with Gasteiger partial charge >= 0.3 is 0 Å². The van der Waals surface area contributed by atoms with Gasteiger partial charge in [-0.2, -0.15) is 5.26 Å². The normalized spacial score (nSPS) is 19.4. The molecule has 1 unspecified atom stereocenters. The molecule has 1 aromatic rings. The summed E-state index contributed by atoms with van der Waals surface area (Å²) in [5.41, 5.74) is 7.70. The number of halogens is 1. The van der Waals surface area contributed by atoms with E-state index >= 15 is 0 Å². The Hall–Kier alpha value is -1.34. The van der Waals surface area contributed by atoms with E-state index in [1.54, 1.807) is 0 Å². The number of nitrogens with two attached hydrogens (primary N) is 1. The third-order valence-electron chi connectivity index (χ3n) is 2.27. The lowest BCUT2D eigenvalue weighted by Crippen LogP contribution is -2.25. The predicted octanol–water partition coefficient (Wildman–Crippen LogP) is 1.93. The summed E-state index contributed by atoms with van der Waals surface area (Å²) in [6, 6.07) is 7.98. The van der Waals surface area contributed by atoms with Crippen LogP contribution >= 0.6 is 15.9 Å². The Morgan fingerprint density at radius 3 is 3.07 bits per heavy atom. The van der Waals surface area contributed by atoms with Gasteiger partial charge < -0.3 is 5.73 Å². The summed E-state index contributed by atoms with van der Waals surface area (Å²) in [7, 11) is 0. The van der Waals surface area contributed by atoms with Crippen LogP contribution in [0.25, 0.3) is 0 Å². The van der Waals surface area contributed by atoms with Crippen molar-refractivity contribution in [1.82, 2.24) is 0 Å². The molecule has 2 rings (SSSR count). The van der Waals surface area contributed by atoms with Crippen LogP contribution in [0.15, 0.2) is 27.7 Å². The quantitative estimate of drug-likeness (QED) is 0.764. The molecule has 3 nitrogen and oxygen atoms in total. The lowest BCUT2D eigenvalue weighted by molar-refractivity contribution is 0.933. The van der Waals surface area contributed by atoms with Crippen LogP contribution in [0.3, 0.4) is 0 Å². The number of fused-ring (bicyclic) bond motifs is 1. The molecule has 2 N–H and O–H groups in total. The molecule has 0 radical (unpaired) electrons. The molecule has 4 heteroatoms. The minimum atomic E-state index is -0.383. The van der Waals surface area contributed by atoms with E-state index < -0.39 is 0 Å². The van der Waals surface area contributed by atoms with Gasteiger partial charge in [-0.3, -0.25) is 4.99 Å². The summed E-state index contributed by atoms with van der Waals surface area (Å²) >= 11 is 3.38. The maximum Gasteiger partial charge on any atom is 0.128 e. The van der Waals surface area contributed by atoms with Crippen molar-refractivity contribution in [1.29, 1.82) is 5.26 Å². The van der Waals surface area contributed by atoms with Crippen LogP contribution in [0.5, 0.6) is 0 Å². The van der Waals surface area contributed by atoms with E-state index in [2.05, 4.69) is 27.0 Å². The number of nitrogens with zero attached hydrogens (tertiary/aromatic N) is 2. The summed E-state index contributed by atoms with van der Waals surface area (Å²) < 4.78 is 1.00. The number of hydrogen-bond acceptors (Lipinski definition) is 3. The van der Waals surface area contributed by atoms with Gasteiger partial charge in [-0.25, -0.2) is 0 Å². The molecular formula is C10H8BrN3. The molecule has 1 aliphatic heterocycles. The second-order valence-electron chi connectivity index (χ2n) is 3.15. The molecule has 1 atom stereocenters. The van der Waals surface area contributed by atoms with Gasteiger partial charge in [0.25, 0.3) is 0 Å². The fourth-order valence-electron chi connectivity index (χ4n) is 1.56. The second kappa shape index (κ2) is 3.43. The summed E-state index contributed by atoms with van der Waals surface area (Å²) in [4.78, 5) is 4.12. The first kappa shape index (κ1) is 9.22. The van der Waals surface area contributed by atoms with Crippen LogP contribution in [0.2, 0.25) is 0 Å². The predicted molar refractivity (Wildman–Crippen MR) is 57.8 cm³/mol. The summed E-state index contributed by atoms with van der Waals surface area (Å²) in [5.74, 6) is 0.0363. The lowest BCUT2D eigenvalue weighted by atomic mass is 9.92. The van der Waals surface area contributed by atoms with Crippen molar-refractivity contribution < 1.29 is 0 Å². The van der Waals surface area contributed by atoms with Gasteiger partial charge in [-0.1, -0.05) is 22.0 Å². The third kappa shape index (κ3) is 1.40. The molecule has 1 heterocycles. The molecule has 70 valence electrons. The molecule has 14 heavy (non-hydrogen) atoms. The van der Waals surface area contributed by atoms with Crippen molar-refractivity contribution in [2.45, 2.75) is 12.5 Å². The average Bonchev–Trinajstić information content (AvgIpc) is 2.18. The van der Waals surface area contributed by atoms with E-state index in [1.807, 2.05) is 18.2 Å². The van der Waals surface area contributed by atoms with E-state index in [9.17, 15) is 0 Å². The van der Waals surface area contributed by atoms with E-state index in [0.717, 1.165) is 15.6 Å². The van der Waals surface area contributed by atoms with Crippen LogP contribution in [0, 0.1) is 11.3 Å². The number of rotatable bonds is 0. The zero-order chi connectivity index (χ0) is 10.1. The highest BCUT2D eigenvalue weighted by Crippen LogP contribution is 2.27. The molecule has 1 aromatic carbocycles. The molecule has 1 aliphatic rings. The van der Waals surface area contributed by atoms with Crippen molar-refractivity contribution >= 4 is 21.8 Å². The Kier molecular flexibility index (Phi) is 2.26. The fourth-order valence-corrected chi connectivity index (χ4v) is 1.96. The first-order valence-corrected chi connectivity index (χ1v) is 4.99. The van der Waals surface area contributed by atoms with Crippen LogP contribution < -0.4 is 5.73 Å². The first-order valence-electron chi connectivity index (χ1n) is 4.20. The highest BCUT2D eigenvalue weighted by atomic mass is 79.9. The smallest absolute Gasteiger partial charge is 0.128 e. The van der Waals surface area contributed by atoms with Crippen LogP contribution in [0.4, 0.5) is 0 Å². The highest BCUT2D eigenvalue weighted by Gasteiger charge is 2.22. The van der Waals surface area contributed by atoms with E-state index in [4.69, 9.17) is 11.0 Å². The molecule has 0 amide bonds. The van der Waals surface area contributed by atoms with Gasteiger partial charge in [0.05, 0.1) is 12.6 Å². The Labute approximate surface area is 90.4 Å². The van der Waals surface area contributed by atoms with Crippen molar-refractivity contribution in [2.24, 2.45) is 10.7 Å². The van der Waals surface area contributed by atoms with Crippen LogP contribution in [0.1, 0.15) is 17.0 Å². The number of aliphatic imine (C=N–C) groups is 1. The van der Waals surface area contributed by atoms with E-state index in [-0.39, 0.29) is 5.92 Å². The van der Waals surface area contributed by atoms with Crippen molar-refractivity contribution in [2.75, 3.05) is 0 Å². The molecule has 0 saturated carbocycles. The Bertz CT molecular complexity index is 445. The van der Waals surface area contributed by atoms with E-state index in [1.165, 1.54) is 0 Å². The Morgan fingerprint density at radius 1 is 1.57 bits per heavy atom. The zero-order valence-electron chi connectivity index (χ0n) is 7.37. The summed E-state index contributed by atoms with van der Waals surface area (Å²) in [6.45, 7) is 0.568. The van der Waals surface area contributed by atoms with Crippen molar-refractivity contribution in [3.05, 3.63) is 33.8 Å². The van der Waals surface area contributed by atoms with Crippen molar-refractivity contribution in [3.8, 4) is 6.07 Å². The largest absolute Gasteiger partial charge is 0.386 e. The average molecular weight is 250 g/mol. The first-order chi connectivity index (χ1) is 6.72. The Balaban J connectivity index is 2.54. The van der Waals surface area contributed by atoms with Crippen LogP contribution in [-0.2, 0) is 6.54 Å². The van der Waals surface area contributed by atoms with Gasteiger partial charge in [-0.05, 0) is 23.3 Å². The minimum Gasteiger partial charge on any atom is -0.386 e. The Morgan fingerprint density at radius 2 is 2.36 bits per heavy atom. The van der Waals surface area contributed by atoms with Gasteiger partial charge in [0.2, 0.25) is 0 Å². The molecule has 0 spiro atoms. The monoisotopic (exact) mass is 249 g/mol. The molecular weight excluding hydrogens is 242 g/mol. The SMILES string of the molecule is N#CC1C(N)=NCc2cc(Br)ccc21. The van der Waals surface area contributed by atoms with Crippen molar-refractivity contribution in [3.63, 3.8) is 0 Å². The summed E-state index contributed by atoms with van der Waals surface area (Å²) in [5, 5.41) is 8.95. The molecule has 0 aliphatic carbocycles. The second-order valence-corrected chi connectivity index (χ2v) is 4.06. The molecule has 0 bridgehead atoms. The zero-order valence-corrected chi connectivity index (χ0v) is 8.95. The lowest BCUT2D eigenvalue weighted by Gasteiger charge is -2.18. The van der Waals surface area contributed by atoms with Gasteiger partial charge in [-0.15, -0.1) is 0 Å². The molecule has 0 fully saturated rings. The van der Waals surface area contributed by atoms with Gasteiger partial charge in [0.1, 0.15) is 11.8 Å². The maximum atomic E-state index is 8.95. The minimum absolute atomic E-state index is 0.383. The molecule has 0 saturated heterocycles. The summed E-state index contributed by atoms with van der Waals surface area (Å²) in [6.07, 6.45) is 0. The van der Waals surface area contributed by atoms with Crippen LogP contribution in [-0.4, -0.2) is 5.84 Å². The fraction of sp³-hybridized carbons (Fsp3) is 0.200. The third-order valence-corrected chi connectivity index (χ3v) is 2.77. The maximum absolute atomic E-state index is 8.95. The number of hydrogen-bond donors (Lipinski definition) is 1. The highest BCUT2D eigenvalue weighted by molar-refractivity contribution is 9.10. The van der Waals surface area contributed by atoms with Gasteiger partial charge in [0, 0.05) is 4.47 Å². The number of amidine groups is 1. The van der Waals surface area contributed by atoms with Gasteiger partial charge in [0.15, 0.2) is 0 Å². The van der Waals surface area contributed by atoms with E-state index in [0.29, 0.717) is 12.4 Å². The number of nitriles is 1. The number of benzene rings is 1. The standard InChI is InChI=1S/C10H8BrN3/c11-7-1-2-8-6(3-7)5-14-10(13)9(8)4-12/h1-3,9H,5H2,(H2,13,14). The topological polar surface area (TPSA) is 62.2 Å². The molecule has 0 aromatic heterocycles.